The standard InChI is InChI=1S/C23H31N5O2/c1-16-15-21(26-22(24-16)19-9-5-6-10-20(19)29)28-13-11-27(12-14-28)17(2)23(30)25-18-7-3-4-8-18/h5-6,9-10,15,17-18,29H,3-4,7-8,11-14H2,1-2H3,(H,25,30). The normalized spacial score (nSPS) is 19.1. The number of hydrogen-bond acceptors (Lipinski definition) is 6. The summed E-state index contributed by atoms with van der Waals surface area (Å²) in [6.45, 7) is 7.18. The van der Waals surface area contributed by atoms with Crippen LogP contribution in [-0.4, -0.2) is 64.1 Å². The minimum atomic E-state index is -0.114. The fraction of sp³-hybridized carbons (Fsp3) is 0.522. The van der Waals surface area contributed by atoms with Gasteiger partial charge in [-0.15, -0.1) is 0 Å². The van der Waals surface area contributed by atoms with Gasteiger partial charge < -0.3 is 15.3 Å². The highest BCUT2D eigenvalue weighted by Gasteiger charge is 2.28. The molecule has 1 amide bonds. The average molecular weight is 410 g/mol. The van der Waals surface area contributed by atoms with Crippen LogP contribution in [0.4, 0.5) is 5.82 Å². The number of para-hydroxylation sites is 1. The summed E-state index contributed by atoms with van der Waals surface area (Å²) in [6.07, 6.45) is 4.66. The number of rotatable bonds is 5. The zero-order valence-electron chi connectivity index (χ0n) is 17.8. The summed E-state index contributed by atoms with van der Waals surface area (Å²) in [5.41, 5.74) is 1.50. The second-order valence-electron chi connectivity index (χ2n) is 8.40. The molecule has 2 fully saturated rings. The Morgan fingerprint density at radius 3 is 2.53 bits per heavy atom. The number of aromatic hydroxyl groups is 1. The first-order valence-corrected chi connectivity index (χ1v) is 10.9. The summed E-state index contributed by atoms with van der Waals surface area (Å²) in [6, 6.07) is 9.37. The number of amides is 1. The third kappa shape index (κ3) is 4.56. The van der Waals surface area contributed by atoms with Crippen LogP contribution in [0.3, 0.4) is 0 Å². The molecule has 4 rings (SSSR count). The molecule has 1 aromatic carbocycles. The zero-order chi connectivity index (χ0) is 21.1. The molecule has 1 saturated carbocycles. The van der Waals surface area contributed by atoms with Crippen molar-refractivity contribution in [3.8, 4) is 17.1 Å². The number of carbonyl (C=O) groups is 1. The van der Waals surface area contributed by atoms with Crippen molar-refractivity contribution in [1.29, 1.82) is 0 Å². The van der Waals surface area contributed by atoms with Gasteiger partial charge in [-0.05, 0) is 38.8 Å². The quantitative estimate of drug-likeness (QED) is 0.790. The molecule has 0 radical (unpaired) electrons. The Labute approximate surface area is 178 Å². The van der Waals surface area contributed by atoms with Crippen LogP contribution in [0, 0.1) is 6.92 Å². The van der Waals surface area contributed by atoms with E-state index in [9.17, 15) is 9.90 Å². The number of aryl methyl sites for hydroxylation is 1. The minimum Gasteiger partial charge on any atom is -0.507 e. The highest BCUT2D eigenvalue weighted by molar-refractivity contribution is 5.81. The molecule has 1 saturated heterocycles. The van der Waals surface area contributed by atoms with Gasteiger partial charge in [0.25, 0.3) is 0 Å². The Hall–Kier alpha value is -2.67. The molecule has 2 N–H and O–H groups in total. The van der Waals surface area contributed by atoms with E-state index >= 15 is 0 Å². The average Bonchev–Trinajstić information content (AvgIpc) is 3.26. The molecular formula is C23H31N5O2. The Morgan fingerprint density at radius 2 is 1.83 bits per heavy atom. The van der Waals surface area contributed by atoms with E-state index in [0.717, 1.165) is 50.5 Å². The summed E-state index contributed by atoms with van der Waals surface area (Å²) in [4.78, 5) is 26.3. The van der Waals surface area contributed by atoms with Crippen molar-refractivity contribution in [3.05, 3.63) is 36.0 Å². The number of phenols is 1. The van der Waals surface area contributed by atoms with Crippen molar-refractivity contribution < 1.29 is 9.90 Å². The van der Waals surface area contributed by atoms with Crippen molar-refractivity contribution >= 4 is 11.7 Å². The highest BCUT2D eigenvalue weighted by Crippen LogP contribution is 2.28. The predicted molar refractivity (Wildman–Crippen MR) is 118 cm³/mol. The highest BCUT2D eigenvalue weighted by atomic mass is 16.3. The molecule has 2 heterocycles. The summed E-state index contributed by atoms with van der Waals surface area (Å²) in [7, 11) is 0. The first-order chi connectivity index (χ1) is 14.5. The maximum absolute atomic E-state index is 12.6. The second-order valence-corrected chi connectivity index (χ2v) is 8.40. The van der Waals surface area contributed by atoms with Gasteiger partial charge in [0.15, 0.2) is 5.82 Å². The van der Waals surface area contributed by atoms with Crippen LogP contribution in [0.5, 0.6) is 5.75 Å². The molecule has 30 heavy (non-hydrogen) atoms. The van der Waals surface area contributed by atoms with Crippen molar-refractivity contribution in [1.82, 2.24) is 20.2 Å². The van der Waals surface area contributed by atoms with Crippen molar-refractivity contribution in [2.24, 2.45) is 0 Å². The zero-order valence-corrected chi connectivity index (χ0v) is 17.8. The summed E-state index contributed by atoms with van der Waals surface area (Å²) in [5, 5.41) is 13.4. The monoisotopic (exact) mass is 409 g/mol. The second kappa shape index (κ2) is 9.00. The van der Waals surface area contributed by atoms with Crippen LogP contribution in [0.1, 0.15) is 38.3 Å². The summed E-state index contributed by atoms with van der Waals surface area (Å²) < 4.78 is 0. The molecule has 2 aliphatic rings. The van der Waals surface area contributed by atoms with Crippen LogP contribution >= 0.6 is 0 Å². The number of aromatic nitrogens is 2. The number of hydrogen-bond donors (Lipinski definition) is 2. The van der Waals surface area contributed by atoms with Crippen LogP contribution in [0.25, 0.3) is 11.4 Å². The molecule has 7 nitrogen and oxygen atoms in total. The molecule has 0 spiro atoms. The smallest absolute Gasteiger partial charge is 0.237 e. The third-order valence-electron chi connectivity index (χ3n) is 6.25. The number of nitrogens with one attached hydrogen (secondary N) is 1. The Bertz CT molecular complexity index is 889. The van der Waals surface area contributed by atoms with Gasteiger partial charge in [-0.3, -0.25) is 9.69 Å². The number of phenolic OH excluding ortho intramolecular Hbond substituents is 1. The Kier molecular flexibility index (Phi) is 6.18. The Balaban J connectivity index is 1.40. The fourth-order valence-corrected chi connectivity index (χ4v) is 4.39. The van der Waals surface area contributed by atoms with Crippen molar-refractivity contribution in [3.63, 3.8) is 0 Å². The lowest BCUT2D eigenvalue weighted by atomic mass is 10.1. The number of anilines is 1. The molecule has 1 aliphatic heterocycles. The number of nitrogens with zero attached hydrogens (tertiary/aromatic N) is 4. The maximum Gasteiger partial charge on any atom is 0.237 e. The molecule has 1 aromatic heterocycles. The maximum atomic E-state index is 12.6. The molecule has 1 atom stereocenters. The van der Waals surface area contributed by atoms with Gasteiger partial charge in [-0.1, -0.05) is 25.0 Å². The number of carbonyl (C=O) groups excluding carboxylic acids is 1. The molecule has 7 heteroatoms. The van der Waals surface area contributed by atoms with E-state index in [-0.39, 0.29) is 17.7 Å². The van der Waals surface area contributed by atoms with E-state index in [1.54, 1.807) is 12.1 Å². The molecule has 2 aromatic rings. The number of benzene rings is 1. The van der Waals surface area contributed by atoms with E-state index in [2.05, 4.69) is 20.1 Å². The van der Waals surface area contributed by atoms with Crippen LogP contribution in [-0.2, 0) is 4.79 Å². The fourth-order valence-electron chi connectivity index (χ4n) is 4.39. The van der Waals surface area contributed by atoms with Crippen LogP contribution in [0.15, 0.2) is 30.3 Å². The van der Waals surface area contributed by atoms with E-state index < -0.39 is 0 Å². The molecule has 1 unspecified atom stereocenters. The van der Waals surface area contributed by atoms with Crippen LogP contribution in [0.2, 0.25) is 0 Å². The van der Waals surface area contributed by atoms with Gasteiger partial charge >= 0.3 is 0 Å². The predicted octanol–water partition coefficient (Wildman–Crippen LogP) is 2.73. The first kappa shape index (κ1) is 20.6. The molecule has 160 valence electrons. The van der Waals surface area contributed by atoms with Gasteiger partial charge in [-0.2, -0.15) is 0 Å². The van der Waals surface area contributed by atoms with Gasteiger partial charge in [0.2, 0.25) is 5.91 Å². The van der Waals surface area contributed by atoms with Crippen molar-refractivity contribution in [2.45, 2.75) is 51.6 Å². The van der Waals surface area contributed by atoms with Gasteiger partial charge in [0, 0.05) is 44.0 Å². The topological polar surface area (TPSA) is 81.6 Å². The van der Waals surface area contributed by atoms with Gasteiger partial charge in [0.05, 0.1) is 11.6 Å². The molecular weight excluding hydrogens is 378 g/mol. The lowest BCUT2D eigenvalue weighted by molar-refractivity contribution is -0.126. The SMILES string of the molecule is Cc1cc(N2CCN(C(C)C(=O)NC3CCCC3)CC2)nc(-c2ccccc2O)n1. The molecule has 1 aliphatic carbocycles. The largest absolute Gasteiger partial charge is 0.507 e. The van der Waals surface area contributed by atoms with Gasteiger partial charge in [0.1, 0.15) is 11.6 Å². The van der Waals surface area contributed by atoms with E-state index in [0.29, 0.717) is 17.4 Å². The minimum absolute atomic E-state index is 0.114. The summed E-state index contributed by atoms with van der Waals surface area (Å²) in [5.74, 6) is 1.73. The third-order valence-corrected chi connectivity index (χ3v) is 6.25. The van der Waals surface area contributed by atoms with Crippen LogP contribution < -0.4 is 10.2 Å². The Morgan fingerprint density at radius 1 is 1.13 bits per heavy atom. The van der Waals surface area contributed by atoms with Gasteiger partial charge in [-0.25, -0.2) is 9.97 Å². The number of piperazine rings is 1. The van der Waals surface area contributed by atoms with E-state index in [4.69, 9.17) is 4.98 Å². The lowest BCUT2D eigenvalue weighted by Crippen LogP contribution is -2.55. The van der Waals surface area contributed by atoms with E-state index in [1.807, 2.05) is 32.0 Å². The van der Waals surface area contributed by atoms with Crippen molar-refractivity contribution in [2.75, 3.05) is 31.1 Å². The lowest BCUT2D eigenvalue weighted by Gasteiger charge is -2.38. The summed E-state index contributed by atoms with van der Waals surface area (Å²) >= 11 is 0. The molecule has 0 bridgehead atoms. The van der Waals surface area contributed by atoms with E-state index in [1.165, 1.54) is 12.8 Å². The first-order valence-electron chi connectivity index (χ1n) is 10.9.